The zero-order valence-corrected chi connectivity index (χ0v) is 11.6. The molecule has 18 heavy (non-hydrogen) atoms. The number of rotatable bonds is 3. The van der Waals surface area contributed by atoms with Crippen LogP contribution in [0.5, 0.6) is 0 Å². The van der Waals surface area contributed by atoms with Gasteiger partial charge in [-0.25, -0.2) is 0 Å². The Bertz CT molecular complexity index is 456. The number of aryl methyl sites for hydroxylation is 1. The molecule has 1 aromatic rings. The van der Waals surface area contributed by atoms with Gasteiger partial charge in [-0.3, -0.25) is 14.2 Å². The Kier molecular flexibility index (Phi) is 4.58. The van der Waals surface area contributed by atoms with Crippen molar-refractivity contribution >= 4 is 17.2 Å². The Morgan fingerprint density at radius 3 is 2.61 bits per heavy atom. The van der Waals surface area contributed by atoms with Gasteiger partial charge in [0.2, 0.25) is 5.91 Å². The van der Waals surface area contributed by atoms with Crippen LogP contribution in [0.2, 0.25) is 0 Å². The molecule has 1 fully saturated rings. The number of aromatic nitrogens is 1. The van der Waals surface area contributed by atoms with Crippen molar-refractivity contribution in [1.29, 1.82) is 0 Å². The standard InChI is InChI=1S/C13H20N2O2S/c1-10-9-18-13(17)15(10)8-12(16)14-11-6-4-2-3-5-7-11/h9,11H,2-8H2,1H3,(H,14,16). The third-order valence-electron chi connectivity index (χ3n) is 3.50. The molecule has 0 aromatic carbocycles. The summed E-state index contributed by atoms with van der Waals surface area (Å²) in [6.45, 7) is 2.02. The van der Waals surface area contributed by atoms with E-state index in [2.05, 4.69) is 5.32 Å². The van der Waals surface area contributed by atoms with E-state index in [-0.39, 0.29) is 17.3 Å². The maximum Gasteiger partial charge on any atom is 0.307 e. The second kappa shape index (κ2) is 6.18. The largest absolute Gasteiger partial charge is 0.352 e. The monoisotopic (exact) mass is 268 g/mol. The summed E-state index contributed by atoms with van der Waals surface area (Å²) >= 11 is 1.15. The first kappa shape index (κ1) is 13.3. The lowest BCUT2D eigenvalue weighted by molar-refractivity contribution is -0.122. The highest BCUT2D eigenvalue weighted by atomic mass is 32.1. The first-order valence-electron chi connectivity index (χ1n) is 6.61. The van der Waals surface area contributed by atoms with Crippen molar-refractivity contribution in [2.75, 3.05) is 0 Å². The summed E-state index contributed by atoms with van der Waals surface area (Å²) in [5.41, 5.74) is 0.862. The van der Waals surface area contributed by atoms with E-state index in [0.29, 0.717) is 6.04 Å². The van der Waals surface area contributed by atoms with Gasteiger partial charge in [-0.05, 0) is 19.8 Å². The van der Waals surface area contributed by atoms with E-state index < -0.39 is 0 Å². The predicted molar refractivity (Wildman–Crippen MR) is 72.9 cm³/mol. The summed E-state index contributed by atoms with van der Waals surface area (Å²) in [6, 6.07) is 0.301. The highest BCUT2D eigenvalue weighted by molar-refractivity contribution is 7.07. The third-order valence-corrected chi connectivity index (χ3v) is 4.38. The third kappa shape index (κ3) is 3.45. The summed E-state index contributed by atoms with van der Waals surface area (Å²) in [7, 11) is 0. The van der Waals surface area contributed by atoms with Gasteiger partial charge < -0.3 is 5.32 Å². The SMILES string of the molecule is Cc1csc(=O)n1CC(=O)NC1CCCCCC1. The van der Waals surface area contributed by atoms with Gasteiger partial charge in [0.1, 0.15) is 6.54 Å². The topological polar surface area (TPSA) is 51.1 Å². The van der Waals surface area contributed by atoms with Crippen molar-refractivity contribution in [3.8, 4) is 0 Å². The van der Waals surface area contributed by atoms with Crippen molar-refractivity contribution in [1.82, 2.24) is 9.88 Å². The van der Waals surface area contributed by atoms with Crippen molar-refractivity contribution in [3.05, 3.63) is 20.7 Å². The van der Waals surface area contributed by atoms with Crippen LogP contribution in [-0.2, 0) is 11.3 Å². The van der Waals surface area contributed by atoms with Crippen molar-refractivity contribution < 1.29 is 4.79 Å². The van der Waals surface area contributed by atoms with Crippen LogP contribution >= 0.6 is 11.3 Å². The fourth-order valence-corrected chi connectivity index (χ4v) is 3.17. The van der Waals surface area contributed by atoms with Crippen LogP contribution in [0.15, 0.2) is 10.2 Å². The summed E-state index contributed by atoms with van der Waals surface area (Å²) in [4.78, 5) is 23.4. The van der Waals surface area contributed by atoms with Crippen molar-refractivity contribution in [3.63, 3.8) is 0 Å². The number of nitrogens with one attached hydrogen (secondary N) is 1. The van der Waals surface area contributed by atoms with Crippen LogP contribution in [0.4, 0.5) is 0 Å². The molecule has 1 aliphatic rings. The van der Waals surface area contributed by atoms with Crippen LogP contribution in [0.3, 0.4) is 0 Å². The summed E-state index contributed by atoms with van der Waals surface area (Å²) in [5, 5.41) is 4.85. The molecule has 5 heteroatoms. The minimum Gasteiger partial charge on any atom is -0.352 e. The Morgan fingerprint density at radius 2 is 2.06 bits per heavy atom. The highest BCUT2D eigenvalue weighted by Gasteiger charge is 2.15. The van der Waals surface area contributed by atoms with Crippen molar-refractivity contribution in [2.45, 2.75) is 58.0 Å². The van der Waals surface area contributed by atoms with Gasteiger partial charge in [-0.1, -0.05) is 37.0 Å². The number of nitrogens with zero attached hydrogens (tertiary/aromatic N) is 1. The molecule has 1 heterocycles. The summed E-state index contributed by atoms with van der Waals surface area (Å²) in [6.07, 6.45) is 7.09. The quantitative estimate of drug-likeness (QED) is 0.853. The van der Waals surface area contributed by atoms with Gasteiger partial charge >= 0.3 is 4.87 Å². The molecule has 0 unspecified atom stereocenters. The minimum atomic E-state index is -0.0523. The molecule has 0 saturated heterocycles. The average molecular weight is 268 g/mol. The van der Waals surface area contributed by atoms with Gasteiger partial charge in [0, 0.05) is 17.1 Å². The lowest BCUT2D eigenvalue weighted by atomic mass is 10.1. The molecule has 1 aliphatic carbocycles. The molecule has 1 N–H and O–H groups in total. The van der Waals surface area contributed by atoms with Crippen LogP contribution < -0.4 is 10.2 Å². The van der Waals surface area contributed by atoms with Gasteiger partial charge in [0.25, 0.3) is 0 Å². The number of hydrogen-bond acceptors (Lipinski definition) is 3. The normalized spacial score (nSPS) is 17.4. The second-order valence-electron chi connectivity index (χ2n) is 4.99. The molecule has 0 radical (unpaired) electrons. The number of carbonyl (C=O) groups is 1. The van der Waals surface area contributed by atoms with E-state index in [4.69, 9.17) is 0 Å². The number of hydrogen-bond donors (Lipinski definition) is 1. The molecule has 0 atom stereocenters. The fraction of sp³-hybridized carbons (Fsp3) is 0.692. The Hall–Kier alpha value is -1.10. The fourth-order valence-electron chi connectivity index (χ4n) is 2.44. The van der Waals surface area contributed by atoms with Gasteiger partial charge in [0.15, 0.2) is 0 Å². The van der Waals surface area contributed by atoms with E-state index in [1.54, 1.807) is 5.38 Å². The number of amides is 1. The Morgan fingerprint density at radius 1 is 1.39 bits per heavy atom. The predicted octanol–water partition coefficient (Wildman–Crippen LogP) is 2.06. The summed E-state index contributed by atoms with van der Waals surface area (Å²) < 4.78 is 1.54. The van der Waals surface area contributed by atoms with E-state index in [1.807, 2.05) is 6.92 Å². The number of carbonyl (C=O) groups excluding carboxylic acids is 1. The Labute approximate surface area is 111 Å². The van der Waals surface area contributed by atoms with Gasteiger partial charge in [-0.15, -0.1) is 0 Å². The molecule has 0 aliphatic heterocycles. The lowest BCUT2D eigenvalue weighted by Gasteiger charge is -2.16. The second-order valence-corrected chi connectivity index (χ2v) is 5.81. The zero-order valence-electron chi connectivity index (χ0n) is 10.8. The molecule has 1 amide bonds. The molecule has 0 bridgehead atoms. The molecular weight excluding hydrogens is 248 g/mol. The first-order valence-corrected chi connectivity index (χ1v) is 7.49. The van der Waals surface area contributed by atoms with E-state index in [1.165, 1.54) is 30.3 Å². The average Bonchev–Trinajstić information content (AvgIpc) is 2.59. The van der Waals surface area contributed by atoms with Crippen LogP contribution in [-0.4, -0.2) is 16.5 Å². The van der Waals surface area contributed by atoms with E-state index >= 15 is 0 Å². The highest BCUT2D eigenvalue weighted by Crippen LogP contribution is 2.17. The van der Waals surface area contributed by atoms with E-state index in [0.717, 1.165) is 29.9 Å². The van der Waals surface area contributed by atoms with Crippen LogP contribution in [0.25, 0.3) is 0 Å². The lowest BCUT2D eigenvalue weighted by Crippen LogP contribution is -2.38. The molecule has 1 saturated carbocycles. The Balaban J connectivity index is 1.90. The molecule has 100 valence electrons. The smallest absolute Gasteiger partial charge is 0.307 e. The molecule has 0 spiro atoms. The van der Waals surface area contributed by atoms with Crippen LogP contribution in [0.1, 0.15) is 44.2 Å². The van der Waals surface area contributed by atoms with Crippen molar-refractivity contribution in [2.24, 2.45) is 0 Å². The zero-order chi connectivity index (χ0) is 13.0. The molecule has 1 aromatic heterocycles. The van der Waals surface area contributed by atoms with Gasteiger partial charge in [0.05, 0.1) is 0 Å². The number of thiazole rings is 1. The maximum atomic E-state index is 11.9. The maximum absolute atomic E-state index is 11.9. The minimum absolute atomic E-state index is 0.0366. The summed E-state index contributed by atoms with van der Waals surface area (Å²) in [5.74, 6) is -0.0366. The molecule has 4 nitrogen and oxygen atoms in total. The first-order chi connectivity index (χ1) is 8.66. The van der Waals surface area contributed by atoms with Crippen LogP contribution in [0, 0.1) is 6.92 Å². The molecular formula is C13H20N2O2S. The molecule has 2 rings (SSSR count). The van der Waals surface area contributed by atoms with Gasteiger partial charge in [-0.2, -0.15) is 0 Å². The van der Waals surface area contributed by atoms with E-state index in [9.17, 15) is 9.59 Å².